The predicted molar refractivity (Wildman–Crippen MR) is 82.1 cm³/mol. The third kappa shape index (κ3) is 2.87. The molecule has 0 amide bonds. The molecule has 0 saturated heterocycles. The monoisotopic (exact) mass is 281 g/mol. The van der Waals surface area contributed by atoms with E-state index in [1.165, 1.54) is 0 Å². The molecule has 0 bridgehead atoms. The number of nitrogens with zero attached hydrogens (tertiary/aromatic N) is 4. The zero-order valence-corrected chi connectivity index (χ0v) is 12.1. The number of aromatic nitrogens is 4. The molecule has 5 nitrogen and oxygen atoms in total. The highest BCUT2D eigenvalue weighted by Gasteiger charge is 2.14. The van der Waals surface area contributed by atoms with E-state index < -0.39 is 0 Å². The van der Waals surface area contributed by atoms with Gasteiger partial charge < -0.3 is 5.73 Å². The van der Waals surface area contributed by atoms with Gasteiger partial charge in [-0.05, 0) is 24.6 Å². The Morgan fingerprint density at radius 2 is 2.00 bits per heavy atom. The van der Waals surface area contributed by atoms with Gasteiger partial charge in [0.2, 0.25) is 0 Å². The first kappa shape index (κ1) is 13.6. The molecule has 2 heterocycles. The van der Waals surface area contributed by atoms with Crippen molar-refractivity contribution in [3.8, 4) is 5.69 Å². The molecule has 0 saturated carbocycles. The lowest BCUT2D eigenvalue weighted by atomic mass is 10.1. The van der Waals surface area contributed by atoms with Crippen LogP contribution in [0.15, 0.2) is 55.0 Å². The minimum absolute atomic E-state index is 0.249. The van der Waals surface area contributed by atoms with Crippen molar-refractivity contribution in [3.63, 3.8) is 0 Å². The van der Waals surface area contributed by atoms with Crippen LogP contribution < -0.4 is 5.73 Å². The van der Waals surface area contributed by atoms with Gasteiger partial charge in [0.25, 0.3) is 0 Å². The molecule has 21 heavy (non-hydrogen) atoms. The quantitative estimate of drug-likeness (QED) is 0.781. The highest BCUT2D eigenvalue weighted by molar-refractivity contribution is 5.31. The molecule has 0 aliphatic heterocycles. The van der Waals surface area contributed by atoms with Crippen LogP contribution >= 0.6 is 0 Å². The number of para-hydroxylation sites is 1. The van der Waals surface area contributed by atoms with Crippen molar-refractivity contribution in [1.29, 1.82) is 0 Å². The van der Waals surface area contributed by atoms with Crippen LogP contribution in [0.5, 0.6) is 0 Å². The van der Waals surface area contributed by atoms with Crippen LogP contribution in [0.25, 0.3) is 5.69 Å². The summed E-state index contributed by atoms with van der Waals surface area (Å²) in [6.45, 7) is 3.04. The largest absolute Gasteiger partial charge is 0.319 e. The maximum absolute atomic E-state index is 6.29. The molecule has 2 aromatic heterocycles. The van der Waals surface area contributed by atoms with Gasteiger partial charge in [-0.25, -0.2) is 4.68 Å². The Balaban J connectivity index is 1.82. The molecule has 2 N–H and O–H groups in total. The molecule has 0 spiro atoms. The van der Waals surface area contributed by atoms with Gasteiger partial charge in [-0.3, -0.25) is 4.68 Å². The average molecular weight is 281 g/mol. The van der Waals surface area contributed by atoms with Gasteiger partial charge >= 0.3 is 0 Å². The zero-order valence-electron chi connectivity index (χ0n) is 12.1. The second-order valence-corrected chi connectivity index (χ2v) is 5.04. The Morgan fingerprint density at radius 1 is 1.19 bits per heavy atom. The fourth-order valence-corrected chi connectivity index (χ4v) is 2.29. The van der Waals surface area contributed by atoms with Crippen molar-refractivity contribution in [2.75, 3.05) is 0 Å². The van der Waals surface area contributed by atoms with Crippen molar-refractivity contribution >= 4 is 0 Å². The summed E-state index contributed by atoms with van der Waals surface area (Å²) < 4.78 is 3.76. The summed E-state index contributed by atoms with van der Waals surface area (Å²) in [5.74, 6) is 0. The summed E-state index contributed by atoms with van der Waals surface area (Å²) in [6.07, 6.45) is 6.80. The highest BCUT2D eigenvalue weighted by atomic mass is 15.3. The summed E-state index contributed by atoms with van der Waals surface area (Å²) in [5.41, 5.74) is 9.14. The second kappa shape index (κ2) is 5.93. The zero-order chi connectivity index (χ0) is 14.7. The molecule has 0 aliphatic rings. The predicted octanol–water partition coefficient (Wildman–Crippen LogP) is 2.53. The molecule has 0 fully saturated rings. The Kier molecular flexibility index (Phi) is 3.83. The first-order valence-electron chi connectivity index (χ1n) is 7.17. The first-order valence-corrected chi connectivity index (χ1v) is 7.17. The van der Waals surface area contributed by atoms with Crippen molar-refractivity contribution in [3.05, 3.63) is 66.2 Å². The topological polar surface area (TPSA) is 61.7 Å². The third-order valence-corrected chi connectivity index (χ3v) is 3.41. The Morgan fingerprint density at radius 3 is 2.76 bits per heavy atom. The van der Waals surface area contributed by atoms with Gasteiger partial charge in [-0.1, -0.05) is 25.1 Å². The fraction of sp³-hybridized carbons (Fsp3) is 0.250. The van der Waals surface area contributed by atoms with E-state index in [9.17, 15) is 0 Å². The maximum Gasteiger partial charge on any atom is 0.0842 e. The molecular weight excluding hydrogens is 262 g/mol. The van der Waals surface area contributed by atoms with Gasteiger partial charge in [-0.2, -0.15) is 10.2 Å². The van der Waals surface area contributed by atoms with E-state index in [2.05, 4.69) is 17.1 Å². The van der Waals surface area contributed by atoms with E-state index in [1.807, 2.05) is 64.4 Å². The van der Waals surface area contributed by atoms with E-state index in [0.717, 1.165) is 29.9 Å². The fourth-order valence-electron chi connectivity index (χ4n) is 2.29. The Hall–Kier alpha value is -2.40. The number of benzene rings is 1. The number of nitrogens with two attached hydrogens (primary N) is 1. The lowest BCUT2D eigenvalue weighted by molar-refractivity contribution is 0.601. The van der Waals surface area contributed by atoms with E-state index in [-0.39, 0.29) is 6.04 Å². The van der Waals surface area contributed by atoms with E-state index >= 15 is 0 Å². The Bertz CT molecular complexity index is 698. The first-order chi connectivity index (χ1) is 10.3. The van der Waals surface area contributed by atoms with E-state index in [0.29, 0.717) is 0 Å². The second-order valence-electron chi connectivity index (χ2n) is 5.04. The minimum atomic E-state index is -0.249. The molecule has 0 radical (unpaired) electrons. The van der Waals surface area contributed by atoms with Crippen molar-refractivity contribution in [2.45, 2.75) is 25.9 Å². The van der Waals surface area contributed by atoms with Gasteiger partial charge in [-0.15, -0.1) is 0 Å². The van der Waals surface area contributed by atoms with Crippen LogP contribution in [-0.2, 0) is 6.54 Å². The maximum atomic E-state index is 6.29. The molecule has 3 rings (SSSR count). The van der Waals surface area contributed by atoms with Crippen molar-refractivity contribution in [2.24, 2.45) is 5.73 Å². The smallest absolute Gasteiger partial charge is 0.0842 e. The van der Waals surface area contributed by atoms with Crippen molar-refractivity contribution in [1.82, 2.24) is 19.6 Å². The number of aryl methyl sites for hydroxylation is 1. The molecular formula is C16H19N5. The van der Waals surface area contributed by atoms with Gasteiger partial charge in [0.15, 0.2) is 0 Å². The molecule has 108 valence electrons. The summed E-state index contributed by atoms with van der Waals surface area (Å²) in [7, 11) is 0. The van der Waals surface area contributed by atoms with Crippen LogP contribution in [0.4, 0.5) is 0 Å². The molecule has 3 aromatic rings. The van der Waals surface area contributed by atoms with Crippen molar-refractivity contribution < 1.29 is 0 Å². The van der Waals surface area contributed by atoms with Crippen LogP contribution in [-0.4, -0.2) is 19.6 Å². The molecule has 5 heteroatoms. The highest BCUT2D eigenvalue weighted by Crippen LogP contribution is 2.18. The number of hydrogen-bond donors (Lipinski definition) is 1. The lowest BCUT2D eigenvalue weighted by Crippen LogP contribution is -2.12. The summed E-state index contributed by atoms with van der Waals surface area (Å²) in [6, 6.07) is 11.7. The summed E-state index contributed by atoms with van der Waals surface area (Å²) in [5, 5.41) is 8.89. The summed E-state index contributed by atoms with van der Waals surface area (Å²) in [4.78, 5) is 0. The van der Waals surface area contributed by atoms with Gasteiger partial charge in [0.1, 0.15) is 0 Å². The van der Waals surface area contributed by atoms with Crippen LogP contribution in [0.1, 0.15) is 30.6 Å². The SMILES string of the molecule is CCCn1cc(C(N)c2ccn(-c3ccccc3)n2)cn1. The van der Waals surface area contributed by atoms with E-state index in [1.54, 1.807) is 0 Å². The van der Waals surface area contributed by atoms with Crippen LogP contribution in [0.3, 0.4) is 0 Å². The average Bonchev–Trinajstić information content (AvgIpc) is 3.17. The third-order valence-electron chi connectivity index (χ3n) is 3.41. The summed E-state index contributed by atoms with van der Waals surface area (Å²) >= 11 is 0. The minimum Gasteiger partial charge on any atom is -0.319 e. The molecule has 0 aliphatic carbocycles. The Labute approximate surface area is 124 Å². The van der Waals surface area contributed by atoms with Crippen LogP contribution in [0, 0.1) is 0 Å². The number of hydrogen-bond acceptors (Lipinski definition) is 3. The molecule has 1 aromatic carbocycles. The lowest BCUT2D eigenvalue weighted by Gasteiger charge is -2.06. The molecule has 1 unspecified atom stereocenters. The normalized spacial score (nSPS) is 12.5. The standard InChI is InChI=1S/C16H19N5/c1-2-9-20-12-13(11-18-20)16(17)15-8-10-21(19-15)14-6-4-3-5-7-14/h3-8,10-12,16H,2,9,17H2,1H3. The number of rotatable bonds is 5. The van der Waals surface area contributed by atoms with Gasteiger partial charge in [0.05, 0.1) is 23.6 Å². The van der Waals surface area contributed by atoms with Crippen LogP contribution in [0.2, 0.25) is 0 Å². The van der Waals surface area contributed by atoms with Gasteiger partial charge in [0, 0.05) is 24.5 Å². The van der Waals surface area contributed by atoms with E-state index in [4.69, 9.17) is 5.73 Å². The molecule has 1 atom stereocenters.